The molecule has 0 aliphatic heterocycles. The molecule has 4 nitrogen and oxygen atoms in total. The molecule has 0 bridgehead atoms. The Balaban J connectivity index is 1.91. The number of carbonyl (C=O) groups excluding carboxylic acids is 1. The molecule has 104 valence electrons. The first-order valence-corrected chi connectivity index (χ1v) is 6.42. The van der Waals surface area contributed by atoms with Crippen LogP contribution in [0.3, 0.4) is 0 Å². The summed E-state index contributed by atoms with van der Waals surface area (Å²) in [4.78, 5) is 13.0. The van der Waals surface area contributed by atoms with Crippen molar-refractivity contribution in [1.82, 2.24) is 4.90 Å². The molecule has 1 amide bonds. The van der Waals surface area contributed by atoms with E-state index in [0.717, 1.165) is 17.2 Å². The van der Waals surface area contributed by atoms with Gasteiger partial charge in [0.05, 0.1) is 6.54 Å². The average Bonchev–Trinajstić information content (AvgIpc) is 2.47. The fourth-order valence-corrected chi connectivity index (χ4v) is 1.60. The number of likely N-dealkylation sites (N-methyl/N-ethyl adjacent to an activating group) is 1. The Morgan fingerprint density at radius 2 is 1.60 bits per heavy atom. The van der Waals surface area contributed by atoms with Crippen LogP contribution in [-0.2, 0) is 4.79 Å². The summed E-state index contributed by atoms with van der Waals surface area (Å²) in [6.45, 7) is 0.284. The van der Waals surface area contributed by atoms with Crippen LogP contribution in [0.5, 0.6) is 11.5 Å². The highest BCUT2D eigenvalue weighted by Crippen LogP contribution is 2.22. The van der Waals surface area contributed by atoms with Crippen LogP contribution in [0.4, 0.5) is 5.69 Å². The number of nitrogens with zero attached hydrogens (tertiary/aromatic N) is 1. The van der Waals surface area contributed by atoms with Crippen LogP contribution < -0.4 is 10.1 Å². The van der Waals surface area contributed by atoms with Gasteiger partial charge in [-0.05, 0) is 36.4 Å². The van der Waals surface area contributed by atoms with Gasteiger partial charge in [0, 0.05) is 19.8 Å². The van der Waals surface area contributed by atoms with E-state index in [1.165, 1.54) is 0 Å². The monoisotopic (exact) mass is 270 g/mol. The minimum Gasteiger partial charge on any atom is -0.457 e. The lowest BCUT2D eigenvalue weighted by molar-refractivity contribution is -0.126. The van der Waals surface area contributed by atoms with E-state index in [2.05, 4.69) is 5.32 Å². The second-order valence-corrected chi connectivity index (χ2v) is 4.58. The molecule has 0 fully saturated rings. The summed E-state index contributed by atoms with van der Waals surface area (Å²) < 4.78 is 5.69. The van der Waals surface area contributed by atoms with E-state index >= 15 is 0 Å². The van der Waals surface area contributed by atoms with Gasteiger partial charge in [-0.15, -0.1) is 0 Å². The fraction of sp³-hybridized carbons (Fsp3) is 0.188. The summed E-state index contributed by atoms with van der Waals surface area (Å²) >= 11 is 0. The third kappa shape index (κ3) is 4.02. The predicted molar refractivity (Wildman–Crippen MR) is 80.1 cm³/mol. The molecule has 0 aromatic heterocycles. The van der Waals surface area contributed by atoms with Crippen molar-refractivity contribution in [2.24, 2.45) is 0 Å². The lowest BCUT2D eigenvalue weighted by Crippen LogP contribution is -2.28. The van der Waals surface area contributed by atoms with Crippen molar-refractivity contribution in [1.29, 1.82) is 0 Å². The molecule has 2 rings (SSSR count). The minimum absolute atomic E-state index is 0.0367. The van der Waals surface area contributed by atoms with Crippen LogP contribution in [0.25, 0.3) is 0 Å². The van der Waals surface area contributed by atoms with E-state index in [1.807, 2.05) is 54.6 Å². The van der Waals surface area contributed by atoms with Crippen LogP contribution in [0, 0.1) is 0 Å². The molecule has 0 heterocycles. The third-order valence-electron chi connectivity index (χ3n) is 2.78. The summed E-state index contributed by atoms with van der Waals surface area (Å²) in [5.41, 5.74) is 0.889. The van der Waals surface area contributed by atoms with Gasteiger partial charge in [-0.3, -0.25) is 4.79 Å². The first-order chi connectivity index (χ1) is 9.65. The van der Waals surface area contributed by atoms with Gasteiger partial charge >= 0.3 is 0 Å². The lowest BCUT2D eigenvalue weighted by atomic mass is 10.3. The van der Waals surface area contributed by atoms with Crippen molar-refractivity contribution in [2.45, 2.75) is 0 Å². The maximum Gasteiger partial charge on any atom is 0.241 e. The van der Waals surface area contributed by atoms with Gasteiger partial charge in [0.1, 0.15) is 11.5 Å². The number of para-hydroxylation sites is 1. The molecule has 2 aromatic carbocycles. The highest BCUT2D eigenvalue weighted by Gasteiger charge is 2.03. The number of amides is 1. The van der Waals surface area contributed by atoms with Gasteiger partial charge in [0.25, 0.3) is 0 Å². The normalized spacial score (nSPS) is 9.90. The van der Waals surface area contributed by atoms with Gasteiger partial charge < -0.3 is 15.0 Å². The average molecular weight is 270 g/mol. The number of nitrogens with one attached hydrogen (secondary N) is 1. The number of hydrogen-bond donors (Lipinski definition) is 1. The Morgan fingerprint density at radius 1 is 1.00 bits per heavy atom. The molecule has 1 N–H and O–H groups in total. The van der Waals surface area contributed by atoms with Crippen molar-refractivity contribution in [3.63, 3.8) is 0 Å². The van der Waals surface area contributed by atoms with Crippen LogP contribution in [0.2, 0.25) is 0 Å². The smallest absolute Gasteiger partial charge is 0.241 e. The van der Waals surface area contributed by atoms with Crippen molar-refractivity contribution in [2.75, 3.05) is 26.0 Å². The van der Waals surface area contributed by atoms with Crippen LogP contribution in [0.1, 0.15) is 0 Å². The first-order valence-electron chi connectivity index (χ1n) is 6.42. The molecule has 0 saturated carbocycles. The maximum absolute atomic E-state index is 11.5. The fourth-order valence-electron chi connectivity index (χ4n) is 1.60. The Kier molecular flexibility index (Phi) is 4.60. The third-order valence-corrected chi connectivity index (χ3v) is 2.78. The van der Waals surface area contributed by atoms with Gasteiger partial charge in [-0.1, -0.05) is 18.2 Å². The van der Waals surface area contributed by atoms with Crippen LogP contribution in [0.15, 0.2) is 54.6 Å². The summed E-state index contributed by atoms with van der Waals surface area (Å²) in [6.07, 6.45) is 0. The minimum atomic E-state index is 0.0367. The van der Waals surface area contributed by atoms with E-state index in [1.54, 1.807) is 19.0 Å². The van der Waals surface area contributed by atoms with Gasteiger partial charge in [-0.25, -0.2) is 0 Å². The summed E-state index contributed by atoms with van der Waals surface area (Å²) in [7, 11) is 3.47. The van der Waals surface area contributed by atoms with Crippen molar-refractivity contribution in [3.05, 3.63) is 54.6 Å². The SMILES string of the molecule is CN(C)C(=O)CNc1ccc(Oc2ccccc2)cc1. The van der Waals surface area contributed by atoms with Crippen LogP contribution >= 0.6 is 0 Å². The number of anilines is 1. The van der Waals surface area contributed by atoms with Gasteiger partial charge in [-0.2, -0.15) is 0 Å². The molecule has 0 aliphatic carbocycles. The molecule has 4 heteroatoms. The number of carbonyl (C=O) groups is 1. The summed E-state index contributed by atoms with van der Waals surface area (Å²) in [5, 5.41) is 3.07. The molecule has 0 saturated heterocycles. The Morgan fingerprint density at radius 3 is 2.20 bits per heavy atom. The molecule has 0 spiro atoms. The largest absolute Gasteiger partial charge is 0.457 e. The molecule has 0 radical (unpaired) electrons. The number of ether oxygens (including phenoxy) is 1. The highest BCUT2D eigenvalue weighted by molar-refractivity contribution is 5.80. The van der Waals surface area contributed by atoms with Crippen molar-refractivity contribution >= 4 is 11.6 Å². The van der Waals surface area contributed by atoms with E-state index < -0.39 is 0 Å². The quantitative estimate of drug-likeness (QED) is 0.908. The zero-order chi connectivity index (χ0) is 14.4. The van der Waals surface area contributed by atoms with Crippen LogP contribution in [-0.4, -0.2) is 31.4 Å². The molecular weight excluding hydrogens is 252 g/mol. The van der Waals surface area contributed by atoms with Gasteiger partial charge in [0.2, 0.25) is 5.91 Å². The first kappa shape index (κ1) is 13.9. The second-order valence-electron chi connectivity index (χ2n) is 4.58. The van der Waals surface area contributed by atoms with E-state index in [9.17, 15) is 4.79 Å². The van der Waals surface area contributed by atoms with Crippen molar-refractivity contribution < 1.29 is 9.53 Å². The molecule has 0 aliphatic rings. The standard InChI is InChI=1S/C16H18N2O2/c1-18(2)16(19)12-17-13-8-10-15(11-9-13)20-14-6-4-3-5-7-14/h3-11,17H,12H2,1-2H3. The lowest BCUT2D eigenvalue weighted by Gasteiger charge is -2.12. The zero-order valence-corrected chi connectivity index (χ0v) is 11.7. The van der Waals surface area contributed by atoms with Crippen molar-refractivity contribution in [3.8, 4) is 11.5 Å². The highest BCUT2D eigenvalue weighted by atomic mass is 16.5. The zero-order valence-electron chi connectivity index (χ0n) is 11.7. The Bertz CT molecular complexity index is 550. The topological polar surface area (TPSA) is 41.6 Å². The molecule has 20 heavy (non-hydrogen) atoms. The maximum atomic E-state index is 11.5. The summed E-state index contributed by atoms with van der Waals surface area (Å²) in [6, 6.07) is 17.1. The Labute approximate surface area is 119 Å². The van der Waals surface area contributed by atoms with E-state index in [0.29, 0.717) is 0 Å². The number of hydrogen-bond acceptors (Lipinski definition) is 3. The molecular formula is C16H18N2O2. The van der Waals surface area contributed by atoms with E-state index in [4.69, 9.17) is 4.74 Å². The number of benzene rings is 2. The molecule has 0 unspecified atom stereocenters. The molecule has 2 aromatic rings. The summed E-state index contributed by atoms with van der Waals surface area (Å²) in [5.74, 6) is 1.60. The Hall–Kier alpha value is -2.49. The predicted octanol–water partition coefficient (Wildman–Crippen LogP) is 2.98. The molecule has 0 atom stereocenters. The second kappa shape index (κ2) is 6.61. The van der Waals surface area contributed by atoms with Gasteiger partial charge in [0.15, 0.2) is 0 Å². The van der Waals surface area contributed by atoms with E-state index in [-0.39, 0.29) is 12.5 Å². The number of rotatable bonds is 5.